The molecular formula is C11H13ClN2O3. The molecule has 1 aromatic heterocycles. The smallest absolute Gasteiger partial charge is 0.258 e. The number of para-hydroxylation sites is 1. The van der Waals surface area contributed by atoms with Crippen LogP contribution in [0.2, 0.25) is 0 Å². The van der Waals surface area contributed by atoms with E-state index >= 15 is 0 Å². The second kappa shape index (κ2) is 5.77. The van der Waals surface area contributed by atoms with Crippen molar-refractivity contribution in [2.24, 2.45) is 0 Å². The molecule has 0 fully saturated rings. The van der Waals surface area contributed by atoms with Crippen molar-refractivity contribution in [3.8, 4) is 0 Å². The van der Waals surface area contributed by atoms with Gasteiger partial charge in [0, 0.05) is 14.2 Å². The number of aromatic nitrogens is 2. The average Bonchev–Trinajstić information content (AvgIpc) is 2.31. The molecule has 0 atom stereocenters. The normalized spacial score (nSPS) is 10.5. The van der Waals surface area contributed by atoms with Gasteiger partial charge in [-0.05, 0) is 12.1 Å². The van der Waals surface area contributed by atoms with Crippen molar-refractivity contribution in [2.45, 2.75) is 6.29 Å². The number of ether oxygens (including phenoxy) is 2. The Morgan fingerprint density at radius 2 is 1.88 bits per heavy atom. The van der Waals surface area contributed by atoms with Crippen LogP contribution in [-0.4, -0.2) is 24.2 Å². The maximum absolute atomic E-state index is 11.7. The zero-order valence-electron chi connectivity index (χ0n) is 9.47. The lowest BCUT2D eigenvalue weighted by molar-refractivity contribution is -0.111. The highest BCUT2D eigenvalue weighted by Crippen LogP contribution is 2.13. The second-order valence-corrected chi connectivity index (χ2v) is 3.27. The highest BCUT2D eigenvalue weighted by molar-refractivity contribution is 5.85. The molecule has 0 spiro atoms. The van der Waals surface area contributed by atoms with E-state index in [1.165, 1.54) is 14.2 Å². The van der Waals surface area contributed by atoms with Crippen molar-refractivity contribution < 1.29 is 9.47 Å². The van der Waals surface area contributed by atoms with E-state index in [-0.39, 0.29) is 18.0 Å². The molecule has 17 heavy (non-hydrogen) atoms. The highest BCUT2D eigenvalue weighted by Gasteiger charge is 2.13. The zero-order chi connectivity index (χ0) is 11.5. The summed E-state index contributed by atoms with van der Waals surface area (Å²) in [6.45, 7) is 0. The summed E-state index contributed by atoms with van der Waals surface area (Å²) in [5.41, 5.74) is 0.431. The molecule has 0 bridgehead atoms. The molecular weight excluding hydrogens is 244 g/mol. The Balaban J connectivity index is 0.00000144. The van der Waals surface area contributed by atoms with Gasteiger partial charge in [0.25, 0.3) is 5.56 Å². The van der Waals surface area contributed by atoms with Gasteiger partial charge in [-0.3, -0.25) is 4.79 Å². The van der Waals surface area contributed by atoms with Crippen LogP contribution >= 0.6 is 12.4 Å². The van der Waals surface area contributed by atoms with Gasteiger partial charge in [0.2, 0.25) is 6.29 Å². The predicted molar refractivity (Wildman–Crippen MR) is 66.4 cm³/mol. The minimum Gasteiger partial charge on any atom is -0.349 e. The molecule has 0 saturated carbocycles. The molecule has 2 aromatic rings. The number of rotatable bonds is 3. The summed E-state index contributed by atoms with van der Waals surface area (Å²) in [5.74, 6) is 0.369. The summed E-state index contributed by atoms with van der Waals surface area (Å²) in [5, 5.41) is 0.553. The Morgan fingerprint density at radius 1 is 1.24 bits per heavy atom. The van der Waals surface area contributed by atoms with Crippen LogP contribution in [-0.2, 0) is 9.47 Å². The first kappa shape index (κ1) is 13.6. The van der Waals surface area contributed by atoms with Crippen molar-refractivity contribution in [3.05, 3.63) is 40.4 Å². The number of aromatic amines is 1. The molecule has 1 N–H and O–H groups in total. The fraction of sp³-hybridized carbons (Fsp3) is 0.273. The predicted octanol–water partition coefficient (Wildman–Crippen LogP) is 1.64. The van der Waals surface area contributed by atoms with Crippen LogP contribution in [0.4, 0.5) is 0 Å². The fourth-order valence-electron chi connectivity index (χ4n) is 1.54. The lowest BCUT2D eigenvalue weighted by atomic mass is 10.2. The summed E-state index contributed by atoms with van der Waals surface area (Å²) >= 11 is 0. The third kappa shape index (κ3) is 2.63. The van der Waals surface area contributed by atoms with Crippen LogP contribution in [0.15, 0.2) is 29.1 Å². The van der Waals surface area contributed by atoms with Gasteiger partial charge in [0.15, 0.2) is 5.82 Å². The summed E-state index contributed by atoms with van der Waals surface area (Å²) < 4.78 is 10.1. The van der Waals surface area contributed by atoms with Crippen LogP contribution in [0.3, 0.4) is 0 Å². The Kier molecular flexibility index (Phi) is 4.62. The first-order chi connectivity index (χ1) is 7.76. The van der Waals surface area contributed by atoms with E-state index < -0.39 is 6.29 Å². The molecule has 92 valence electrons. The van der Waals surface area contributed by atoms with Crippen molar-refractivity contribution >= 4 is 23.3 Å². The lowest BCUT2D eigenvalue weighted by Crippen LogP contribution is -2.16. The van der Waals surface area contributed by atoms with Gasteiger partial charge < -0.3 is 14.5 Å². The van der Waals surface area contributed by atoms with Crippen molar-refractivity contribution in [3.63, 3.8) is 0 Å². The molecule has 0 saturated heterocycles. The topological polar surface area (TPSA) is 64.2 Å². The number of halogens is 1. The van der Waals surface area contributed by atoms with Gasteiger partial charge in [-0.15, -0.1) is 12.4 Å². The summed E-state index contributed by atoms with van der Waals surface area (Å²) in [7, 11) is 2.98. The van der Waals surface area contributed by atoms with Crippen molar-refractivity contribution in [2.75, 3.05) is 14.2 Å². The van der Waals surface area contributed by atoms with E-state index in [9.17, 15) is 4.79 Å². The molecule has 0 radical (unpaired) electrons. The van der Waals surface area contributed by atoms with Crippen LogP contribution in [0.1, 0.15) is 12.1 Å². The Morgan fingerprint density at radius 3 is 2.53 bits per heavy atom. The van der Waals surface area contributed by atoms with Gasteiger partial charge in [-0.2, -0.15) is 0 Å². The molecule has 0 aliphatic carbocycles. The lowest BCUT2D eigenvalue weighted by Gasteiger charge is -2.12. The molecule has 5 nitrogen and oxygen atoms in total. The number of benzene rings is 1. The average molecular weight is 257 g/mol. The fourth-order valence-corrected chi connectivity index (χ4v) is 1.54. The largest absolute Gasteiger partial charge is 0.349 e. The van der Waals surface area contributed by atoms with Gasteiger partial charge in [0.1, 0.15) is 0 Å². The van der Waals surface area contributed by atoms with Crippen LogP contribution in [0.5, 0.6) is 0 Å². The SMILES string of the molecule is COC(OC)c1nc2ccccc2c(=O)[nH]1.Cl. The van der Waals surface area contributed by atoms with E-state index in [2.05, 4.69) is 9.97 Å². The molecule has 0 unspecified atom stereocenters. The van der Waals surface area contributed by atoms with Gasteiger partial charge in [0.05, 0.1) is 10.9 Å². The molecule has 0 aliphatic heterocycles. The third-order valence-corrected chi connectivity index (χ3v) is 2.28. The highest BCUT2D eigenvalue weighted by atomic mass is 35.5. The van der Waals surface area contributed by atoms with Crippen LogP contribution in [0, 0.1) is 0 Å². The molecule has 1 aromatic carbocycles. The molecule has 0 amide bonds. The monoisotopic (exact) mass is 256 g/mol. The quantitative estimate of drug-likeness (QED) is 0.848. The van der Waals surface area contributed by atoms with E-state index in [0.29, 0.717) is 16.7 Å². The number of nitrogens with zero attached hydrogens (tertiary/aromatic N) is 1. The van der Waals surface area contributed by atoms with Crippen molar-refractivity contribution in [1.29, 1.82) is 0 Å². The Bertz CT molecular complexity index is 552. The van der Waals surface area contributed by atoms with E-state index in [1.54, 1.807) is 18.2 Å². The first-order valence-corrected chi connectivity index (χ1v) is 4.81. The summed E-state index contributed by atoms with van der Waals surface area (Å²) in [6.07, 6.45) is -0.655. The van der Waals surface area contributed by atoms with Crippen LogP contribution < -0.4 is 5.56 Å². The Labute approximate surface area is 104 Å². The molecule has 1 heterocycles. The molecule has 0 aliphatic rings. The maximum Gasteiger partial charge on any atom is 0.258 e. The number of H-pyrrole nitrogens is 1. The number of nitrogens with one attached hydrogen (secondary N) is 1. The maximum atomic E-state index is 11.7. The number of methoxy groups -OCH3 is 2. The standard InChI is InChI=1S/C11H12N2O3.ClH/c1-15-11(16-2)9-12-8-6-4-3-5-7(8)10(14)13-9;/h3-6,11H,1-2H3,(H,12,13,14);1H. The van der Waals surface area contributed by atoms with Crippen LogP contribution in [0.25, 0.3) is 10.9 Å². The first-order valence-electron chi connectivity index (χ1n) is 4.81. The Hall–Kier alpha value is -1.43. The van der Waals surface area contributed by atoms with Gasteiger partial charge >= 0.3 is 0 Å². The summed E-state index contributed by atoms with van der Waals surface area (Å²) in [4.78, 5) is 18.6. The molecule has 2 rings (SSSR count). The van der Waals surface area contributed by atoms with E-state index in [1.807, 2.05) is 6.07 Å². The summed E-state index contributed by atoms with van der Waals surface area (Å²) in [6, 6.07) is 7.12. The second-order valence-electron chi connectivity index (χ2n) is 3.27. The minimum atomic E-state index is -0.655. The third-order valence-electron chi connectivity index (χ3n) is 2.28. The van der Waals surface area contributed by atoms with Gasteiger partial charge in [-0.25, -0.2) is 4.98 Å². The van der Waals surface area contributed by atoms with E-state index in [4.69, 9.17) is 9.47 Å². The minimum absolute atomic E-state index is 0. The number of fused-ring (bicyclic) bond motifs is 1. The van der Waals surface area contributed by atoms with Gasteiger partial charge in [-0.1, -0.05) is 12.1 Å². The number of hydrogen-bond donors (Lipinski definition) is 1. The molecule has 6 heteroatoms. The van der Waals surface area contributed by atoms with Crippen molar-refractivity contribution in [1.82, 2.24) is 9.97 Å². The zero-order valence-corrected chi connectivity index (χ0v) is 10.3. The van der Waals surface area contributed by atoms with E-state index in [0.717, 1.165) is 0 Å². The number of hydrogen-bond acceptors (Lipinski definition) is 4.